The van der Waals surface area contributed by atoms with Gasteiger partial charge < -0.3 is 19.5 Å². The van der Waals surface area contributed by atoms with Gasteiger partial charge >= 0.3 is 0 Å². The van der Waals surface area contributed by atoms with Crippen LogP contribution in [0, 0.1) is 0 Å². The first kappa shape index (κ1) is 36.0. The van der Waals surface area contributed by atoms with Gasteiger partial charge in [-0.25, -0.2) is 28.1 Å². The normalized spacial score (nSPS) is 22.3. The third-order valence-electron chi connectivity index (χ3n) is 9.18. The number of hydrogen-bond donors (Lipinski definition) is 1. The molecule has 1 N–H and O–H groups in total. The van der Waals surface area contributed by atoms with Crippen LogP contribution in [0.4, 0.5) is 11.6 Å². The zero-order chi connectivity index (χ0) is 35.3. The van der Waals surface area contributed by atoms with Gasteiger partial charge in [0.1, 0.15) is 36.8 Å². The molecule has 3 atom stereocenters. The minimum Gasteiger partial charge on any atom is -0.487 e. The second kappa shape index (κ2) is 16.0. The average molecular weight is 728 g/mol. The van der Waals surface area contributed by atoms with Gasteiger partial charge in [-0.2, -0.15) is 5.10 Å². The maximum atomic E-state index is 12.2. The zero-order valence-electron chi connectivity index (χ0n) is 29.0. The fraction of sp³-hybridized carbons (Fsp3) is 0.559. The van der Waals surface area contributed by atoms with Crippen LogP contribution in [0.1, 0.15) is 59.4 Å². The third-order valence-corrected chi connectivity index (χ3v) is 11.2. The fourth-order valence-corrected chi connectivity index (χ4v) is 7.44. The second-order valence-corrected chi connectivity index (χ2v) is 16.1. The monoisotopic (exact) mass is 727 g/mol. The summed E-state index contributed by atoms with van der Waals surface area (Å²) in [4.78, 5) is 15.7. The first-order valence-electron chi connectivity index (χ1n) is 17.2. The van der Waals surface area contributed by atoms with Crippen LogP contribution in [-0.2, 0) is 21.1 Å². The molecule has 1 aliphatic carbocycles. The molecular formula is C34H46ClN9O5S. The van der Waals surface area contributed by atoms with E-state index in [-0.39, 0.29) is 42.5 Å². The summed E-state index contributed by atoms with van der Waals surface area (Å²) in [6, 6.07) is 6.26. The molecule has 0 radical (unpaired) electrons. The van der Waals surface area contributed by atoms with Crippen molar-refractivity contribution < 1.29 is 22.6 Å². The molecule has 1 saturated carbocycles. The van der Waals surface area contributed by atoms with E-state index in [1.54, 1.807) is 36.4 Å². The molecule has 16 heteroatoms. The van der Waals surface area contributed by atoms with Crippen molar-refractivity contribution in [3.05, 3.63) is 54.5 Å². The van der Waals surface area contributed by atoms with Crippen LogP contribution < -0.4 is 14.8 Å². The smallest absolute Gasteiger partial charge is 0.256 e. The summed E-state index contributed by atoms with van der Waals surface area (Å²) in [5.41, 5.74) is 2.20. The molecule has 1 aromatic carbocycles. The topological polar surface area (TPSA) is 151 Å². The number of nitrogens with zero attached hydrogens (tertiary/aromatic N) is 8. The summed E-state index contributed by atoms with van der Waals surface area (Å²) in [7, 11) is -3.20. The Morgan fingerprint density at radius 1 is 1.06 bits per heavy atom. The Morgan fingerprint density at radius 2 is 1.78 bits per heavy atom. The number of nitrogens with one attached hydrogen (secondary N) is 1. The quantitative estimate of drug-likeness (QED) is 0.182. The lowest BCUT2D eigenvalue weighted by Crippen LogP contribution is -2.51. The van der Waals surface area contributed by atoms with Crippen molar-refractivity contribution in [1.29, 1.82) is 0 Å². The fourth-order valence-electron chi connectivity index (χ4n) is 6.65. The van der Waals surface area contributed by atoms with Crippen molar-refractivity contribution in [1.82, 2.24) is 39.4 Å². The first-order chi connectivity index (χ1) is 24.0. The van der Waals surface area contributed by atoms with Gasteiger partial charge in [-0.05, 0) is 64.2 Å². The maximum Gasteiger partial charge on any atom is 0.256 e. The number of morpholine rings is 1. The summed E-state index contributed by atoms with van der Waals surface area (Å²) in [6.07, 6.45) is 12.9. The Bertz CT molecular complexity index is 1790. The summed E-state index contributed by atoms with van der Waals surface area (Å²) in [5.74, 6) is 1.19. The second-order valence-electron chi connectivity index (χ2n) is 13.2. The summed E-state index contributed by atoms with van der Waals surface area (Å²) in [5, 5.41) is 12.7. The number of sulfone groups is 1. The number of hydrogen-bond acceptors (Lipinski definition) is 12. The average Bonchev–Trinajstić information content (AvgIpc) is 3.76. The molecule has 270 valence electrons. The Labute approximate surface area is 298 Å². The van der Waals surface area contributed by atoms with E-state index in [4.69, 9.17) is 30.9 Å². The highest BCUT2D eigenvalue weighted by Crippen LogP contribution is 2.36. The molecule has 0 unspecified atom stereocenters. The lowest BCUT2D eigenvalue weighted by atomic mass is 9.89. The van der Waals surface area contributed by atoms with Gasteiger partial charge in [0.15, 0.2) is 9.84 Å². The van der Waals surface area contributed by atoms with Crippen LogP contribution in [0.2, 0.25) is 5.02 Å². The SMILES string of the molecule is CCS(=O)(=O)CCOc1nn([C@H]2CC[C@H](N3C[C@@H](C)O[C@@H](C)C3)CC2)cc1Nc1ncc(-c2ccc(Cl)c(O[C@@H](C)Cn3cncn3)c2)cn1. The molecule has 0 spiro atoms. The molecule has 50 heavy (non-hydrogen) atoms. The molecule has 14 nitrogen and oxygen atoms in total. The predicted molar refractivity (Wildman–Crippen MR) is 191 cm³/mol. The van der Waals surface area contributed by atoms with Crippen molar-refractivity contribution in [3.8, 4) is 22.8 Å². The van der Waals surface area contributed by atoms with Gasteiger partial charge in [-0.1, -0.05) is 24.6 Å². The van der Waals surface area contributed by atoms with Crippen molar-refractivity contribution in [2.75, 3.05) is 36.5 Å². The lowest BCUT2D eigenvalue weighted by Gasteiger charge is -2.42. The molecule has 1 aliphatic heterocycles. The molecule has 4 heterocycles. The van der Waals surface area contributed by atoms with Gasteiger partial charge in [0, 0.05) is 42.8 Å². The Balaban J connectivity index is 1.13. The summed E-state index contributed by atoms with van der Waals surface area (Å²) < 4.78 is 46.0. The molecule has 3 aromatic heterocycles. The molecule has 1 saturated heterocycles. The Morgan fingerprint density at radius 3 is 2.46 bits per heavy atom. The zero-order valence-corrected chi connectivity index (χ0v) is 30.6. The van der Waals surface area contributed by atoms with Gasteiger partial charge in [0.25, 0.3) is 5.88 Å². The summed E-state index contributed by atoms with van der Waals surface area (Å²) in [6.45, 7) is 10.3. The summed E-state index contributed by atoms with van der Waals surface area (Å²) >= 11 is 6.46. The maximum absolute atomic E-state index is 12.2. The molecule has 0 amide bonds. The molecular weight excluding hydrogens is 682 g/mol. The number of benzene rings is 1. The number of anilines is 2. The molecule has 2 fully saturated rings. The molecule has 2 aliphatic rings. The van der Waals surface area contributed by atoms with E-state index >= 15 is 0 Å². The molecule has 0 bridgehead atoms. The van der Waals surface area contributed by atoms with E-state index < -0.39 is 9.84 Å². The lowest BCUT2D eigenvalue weighted by molar-refractivity contribution is -0.0852. The van der Waals surface area contributed by atoms with E-state index in [1.807, 2.05) is 29.9 Å². The van der Waals surface area contributed by atoms with E-state index in [9.17, 15) is 8.42 Å². The third kappa shape index (κ3) is 9.30. The number of ether oxygens (including phenoxy) is 3. The highest BCUT2D eigenvalue weighted by Gasteiger charge is 2.32. The van der Waals surface area contributed by atoms with Crippen LogP contribution in [-0.4, -0.2) is 103 Å². The van der Waals surface area contributed by atoms with Crippen LogP contribution >= 0.6 is 11.6 Å². The van der Waals surface area contributed by atoms with E-state index in [2.05, 4.69) is 44.1 Å². The Kier molecular flexibility index (Phi) is 11.6. The number of rotatable bonds is 14. The molecule has 6 rings (SSSR count). The van der Waals surface area contributed by atoms with E-state index in [0.717, 1.165) is 49.9 Å². The van der Waals surface area contributed by atoms with Crippen LogP contribution in [0.25, 0.3) is 11.1 Å². The number of aromatic nitrogens is 7. The van der Waals surface area contributed by atoms with Crippen molar-refractivity contribution in [3.63, 3.8) is 0 Å². The minimum absolute atomic E-state index is 0.000222. The van der Waals surface area contributed by atoms with Crippen molar-refractivity contribution in [2.24, 2.45) is 0 Å². The molecule has 4 aromatic rings. The van der Waals surface area contributed by atoms with Crippen LogP contribution in [0.3, 0.4) is 0 Å². The predicted octanol–water partition coefficient (Wildman–Crippen LogP) is 5.20. The Hall–Kier alpha value is -3.79. The van der Waals surface area contributed by atoms with E-state index in [1.165, 1.54) is 6.33 Å². The van der Waals surface area contributed by atoms with Crippen LogP contribution in [0.5, 0.6) is 11.6 Å². The largest absolute Gasteiger partial charge is 0.487 e. The first-order valence-corrected chi connectivity index (χ1v) is 19.4. The van der Waals surface area contributed by atoms with Crippen molar-refractivity contribution >= 4 is 33.1 Å². The highest BCUT2D eigenvalue weighted by molar-refractivity contribution is 7.91. The van der Waals surface area contributed by atoms with E-state index in [0.29, 0.717) is 40.9 Å². The van der Waals surface area contributed by atoms with Crippen molar-refractivity contribution in [2.45, 2.75) is 90.3 Å². The highest BCUT2D eigenvalue weighted by atomic mass is 35.5. The minimum atomic E-state index is -3.20. The number of halogens is 1. The van der Waals surface area contributed by atoms with Crippen LogP contribution in [0.15, 0.2) is 49.4 Å². The van der Waals surface area contributed by atoms with Gasteiger partial charge in [0.05, 0.1) is 41.8 Å². The van der Waals surface area contributed by atoms with Gasteiger partial charge in [-0.3, -0.25) is 9.58 Å². The van der Waals surface area contributed by atoms with Gasteiger partial charge in [0.2, 0.25) is 5.95 Å². The standard InChI is InChI=1S/C34H46ClN9O5S/c1-5-50(45,46)13-12-47-33-31(20-44(41-33)29-9-7-28(8-10-29)42-17-23(2)48-24(3)18-42)40-34-37-15-27(16-38-34)26-6-11-30(35)32(14-26)49-25(4)19-43-22-36-21-39-43/h6,11,14-16,20-25,28-29H,5,7-10,12-13,17-19H2,1-4H3,(H,37,38,40)/t23-,24+,25-,28-,29-/m0/s1. The van der Waals surface area contributed by atoms with Gasteiger partial charge in [-0.15, -0.1) is 5.10 Å².